The average Bonchev–Trinajstić information content (AvgIpc) is 3.11. The minimum atomic E-state index is -0.0329. The number of hydrogen-bond acceptors (Lipinski definition) is 5. The monoisotopic (exact) mass is 367 g/mol. The lowest BCUT2D eigenvalue weighted by Gasteiger charge is -2.10. The number of rotatable bonds is 7. The molecule has 0 spiro atoms. The SMILES string of the molecule is COc1ccc(C)cc1CCNC(=O)Cc1csc(-c2ccccn2)n1. The van der Waals surface area contributed by atoms with Crippen molar-refractivity contribution in [1.29, 1.82) is 0 Å². The van der Waals surface area contributed by atoms with Gasteiger partial charge in [-0.25, -0.2) is 4.98 Å². The molecular weight excluding hydrogens is 346 g/mol. The normalized spacial score (nSPS) is 10.5. The molecule has 0 saturated heterocycles. The number of benzene rings is 1. The molecule has 0 fully saturated rings. The van der Waals surface area contributed by atoms with Crippen LogP contribution < -0.4 is 10.1 Å². The van der Waals surface area contributed by atoms with Gasteiger partial charge in [-0.1, -0.05) is 23.8 Å². The number of thiazole rings is 1. The van der Waals surface area contributed by atoms with Gasteiger partial charge in [-0.2, -0.15) is 0 Å². The summed E-state index contributed by atoms with van der Waals surface area (Å²) in [6, 6.07) is 11.8. The summed E-state index contributed by atoms with van der Waals surface area (Å²) >= 11 is 1.50. The molecular formula is C20H21N3O2S. The van der Waals surface area contributed by atoms with E-state index in [-0.39, 0.29) is 12.3 Å². The van der Waals surface area contributed by atoms with Crippen LogP contribution in [-0.4, -0.2) is 29.5 Å². The number of aromatic nitrogens is 2. The molecule has 3 rings (SSSR count). The Morgan fingerprint density at radius 3 is 2.92 bits per heavy atom. The zero-order valence-corrected chi connectivity index (χ0v) is 15.7. The molecule has 2 heterocycles. The lowest BCUT2D eigenvalue weighted by Crippen LogP contribution is -2.27. The summed E-state index contributed by atoms with van der Waals surface area (Å²) in [7, 11) is 1.66. The highest BCUT2D eigenvalue weighted by Crippen LogP contribution is 2.22. The van der Waals surface area contributed by atoms with Gasteiger partial charge in [0.2, 0.25) is 5.91 Å². The second-order valence-corrected chi connectivity index (χ2v) is 6.81. The van der Waals surface area contributed by atoms with Crippen molar-refractivity contribution in [3.8, 4) is 16.5 Å². The molecule has 0 radical (unpaired) electrons. The van der Waals surface area contributed by atoms with E-state index in [0.29, 0.717) is 6.54 Å². The molecule has 6 heteroatoms. The van der Waals surface area contributed by atoms with Crippen molar-refractivity contribution in [3.63, 3.8) is 0 Å². The quantitative estimate of drug-likeness (QED) is 0.695. The van der Waals surface area contributed by atoms with Crippen LogP contribution in [-0.2, 0) is 17.6 Å². The molecule has 1 aromatic carbocycles. The number of methoxy groups -OCH3 is 1. The van der Waals surface area contributed by atoms with Crippen molar-refractivity contribution >= 4 is 17.2 Å². The average molecular weight is 367 g/mol. The number of hydrogen-bond donors (Lipinski definition) is 1. The van der Waals surface area contributed by atoms with Crippen molar-refractivity contribution in [2.45, 2.75) is 19.8 Å². The van der Waals surface area contributed by atoms with Crippen molar-refractivity contribution in [2.75, 3.05) is 13.7 Å². The number of carbonyl (C=O) groups excluding carboxylic acids is 1. The number of nitrogens with zero attached hydrogens (tertiary/aromatic N) is 2. The molecule has 0 aliphatic carbocycles. The topological polar surface area (TPSA) is 64.1 Å². The minimum absolute atomic E-state index is 0.0329. The highest BCUT2D eigenvalue weighted by Gasteiger charge is 2.10. The number of amides is 1. The third-order valence-electron chi connectivity index (χ3n) is 3.93. The van der Waals surface area contributed by atoms with E-state index in [1.165, 1.54) is 16.9 Å². The fourth-order valence-corrected chi connectivity index (χ4v) is 3.46. The first-order valence-corrected chi connectivity index (χ1v) is 9.29. The zero-order valence-electron chi connectivity index (χ0n) is 14.9. The number of nitrogens with one attached hydrogen (secondary N) is 1. The van der Waals surface area contributed by atoms with Gasteiger partial charge in [-0.05, 0) is 37.1 Å². The van der Waals surface area contributed by atoms with E-state index in [1.807, 2.05) is 42.6 Å². The molecule has 1 N–H and O–H groups in total. The van der Waals surface area contributed by atoms with E-state index in [2.05, 4.69) is 21.4 Å². The maximum Gasteiger partial charge on any atom is 0.226 e. The van der Waals surface area contributed by atoms with Crippen LogP contribution in [0.15, 0.2) is 48.0 Å². The van der Waals surface area contributed by atoms with Gasteiger partial charge in [0.05, 0.1) is 24.9 Å². The van der Waals surface area contributed by atoms with Gasteiger partial charge >= 0.3 is 0 Å². The van der Waals surface area contributed by atoms with Gasteiger partial charge in [0.15, 0.2) is 0 Å². The lowest BCUT2D eigenvalue weighted by atomic mass is 10.1. The van der Waals surface area contributed by atoms with Crippen LogP contribution >= 0.6 is 11.3 Å². The largest absolute Gasteiger partial charge is 0.496 e. The van der Waals surface area contributed by atoms with Gasteiger partial charge in [0.1, 0.15) is 10.8 Å². The number of aryl methyl sites for hydroxylation is 1. The molecule has 0 atom stereocenters. The second kappa shape index (κ2) is 8.58. The van der Waals surface area contributed by atoms with Gasteiger partial charge in [-0.3, -0.25) is 9.78 Å². The Kier molecular flexibility index (Phi) is 5.96. The third-order valence-corrected chi connectivity index (χ3v) is 4.84. The summed E-state index contributed by atoms with van der Waals surface area (Å²) in [4.78, 5) is 21.0. The summed E-state index contributed by atoms with van der Waals surface area (Å²) in [6.07, 6.45) is 2.74. The molecule has 0 saturated carbocycles. The maximum atomic E-state index is 12.2. The Balaban J connectivity index is 1.52. The lowest BCUT2D eigenvalue weighted by molar-refractivity contribution is -0.120. The summed E-state index contributed by atoms with van der Waals surface area (Å²) in [5.74, 6) is 0.818. The van der Waals surface area contributed by atoms with Crippen molar-refractivity contribution in [3.05, 3.63) is 64.8 Å². The smallest absolute Gasteiger partial charge is 0.226 e. The zero-order chi connectivity index (χ0) is 18.4. The van der Waals surface area contributed by atoms with E-state index in [9.17, 15) is 4.79 Å². The predicted octanol–water partition coefficient (Wildman–Crippen LogP) is 3.42. The highest BCUT2D eigenvalue weighted by atomic mass is 32.1. The summed E-state index contributed by atoms with van der Waals surface area (Å²) < 4.78 is 5.37. The molecule has 134 valence electrons. The third kappa shape index (κ3) is 4.67. The molecule has 5 nitrogen and oxygen atoms in total. The molecule has 3 aromatic rings. The number of ether oxygens (including phenoxy) is 1. The van der Waals surface area contributed by atoms with Gasteiger partial charge in [-0.15, -0.1) is 11.3 Å². The van der Waals surface area contributed by atoms with Crippen LogP contribution in [0.4, 0.5) is 0 Å². The maximum absolute atomic E-state index is 12.2. The number of carbonyl (C=O) groups is 1. The Labute approximate surface area is 157 Å². The molecule has 26 heavy (non-hydrogen) atoms. The van der Waals surface area contributed by atoms with Crippen LogP contribution in [0.5, 0.6) is 5.75 Å². The Morgan fingerprint density at radius 2 is 2.15 bits per heavy atom. The van der Waals surface area contributed by atoms with Crippen LogP contribution in [0.25, 0.3) is 10.7 Å². The Hall–Kier alpha value is -2.73. The fourth-order valence-electron chi connectivity index (χ4n) is 2.66. The first-order valence-electron chi connectivity index (χ1n) is 8.41. The van der Waals surface area contributed by atoms with Gasteiger partial charge in [0, 0.05) is 18.1 Å². The molecule has 1 amide bonds. The predicted molar refractivity (Wildman–Crippen MR) is 103 cm³/mol. The van der Waals surface area contributed by atoms with E-state index >= 15 is 0 Å². The first kappa shape index (κ1) is 18.1. The molecule has 0 bridgehead atoms. The van der Waals surface area contributed by atoms with Gasteiger partial charge in [0.25, 0.3) is 0 Å². The van der Waals surface area contributed by atoms with Crippen molar-refractivity contribution in [1.82, 2.24) is 15.3 Å². The van der Waals surface area contributed by atoms with Crippen molar-refractivity contribution in [2.24, 2.45) is 0 Å². The minimum Gasteiger partial charge on any atom is -0.496 e. The van der Waals surface area contributed by atoms with Crippen LogP contribution in [0.2, 0.25) is 0 Å². The molecule has 2 aromatic heterocycles. The highest BCUT2D eigenvalue weighted by molar-refractivity contribution is 7.13. The summed E-state index contributed by atoms with van der Waals surface area (Å²) in [5, 5.41) is 5.70. The molecule has 0 aliphatic rings. The first-order chi connectivity index (χ1) is 12.7. The van der Waals surface area contributed by atoms with Crippen LogP contribution in [0.3, 0.4) is 0 Å². The van der Waals surface area contributed by atoms with E-state index in [1.54, 1.807) is 13.3 Å². The Bertz CT molecular complexity index is 878. The van der Waals surface area contributed by atoms with E-state index in [4.69, 9.17) is 4.74 Å². The van der Waals surface area contributed by atoms with E-state index in [0.717, 1.165) is 34.1 Å². The van der Waals surface area contributed by atoms with Crippen molar-refractivity contribution < 1.29 is 9.53 Å². The molecule has 0 aliphatic heterocycles. The summed E-state index contributed by atoms with van der Waals surface area (Å²) in [5.41, 5.74) is 3.87. The standard InChI is InChI=1S/C20H21N3O2S/c1-14-6-7-18(25-2)15(11-14)8-10-22-19(24)12-16-13-26-20(23-16)17-5-3-4-9-21-17/h3-7,9,11,13H,8,10,12H2,1-2H3,(H,22,24). The van der Waals surface area contributed by atoms with Gasteiger partial charge < -0.3 is 10.1 Å². The van der Waals surface area contributed by atoms with E-state index < -0.39 is 0 Å². The fraction of sp³-hybridized carbons (Fsp3) is 0.250. The summed E-state index contributed by atoms with van der Waals surface area (Å²) in [6.45, 7) is 2.61. The van der Waals surface area contributed by atoms with Crippen LogP contribution in [0, 0.1) is 6.92 Å². The Morgan fingerprint density at radius 1 is 1.27 bits per heavy atom. The van der Waals surface area contributed by atoms with Crippen LogP contribution in [0.1, 0.15) is 16.8 Å². The molecule has 0 unspecified atom stereocenters. The number of pyridine rings is 1. The second-order valence-electron chi connectivity index (χ2n) is 5.95.